The van der Waals surface area contributed by atoms with Crippen LogP contribution < -0.4 is 9.47 Å². The zero-order valence-corrected chi connectivity index (χ0v) is 13.2. The molecule has 3 aliphatic heterocycles. The van der Waals surface area contributed by atoms with E-state index in [-0.39, 0.29) is 12.7 Å². The first-order valence-corrected chi connectivity index (χ1v) is 8.36. The van der Waals surface area contributed by atoms with Crippen molar-refractivity contribution in [2.24, 2.45) is 5.92 Å². The maximum Gasteiger partial charge on any atom is 0.231 e. The summed E-state index contributed by atoms with van der Waals surface area (Å²) in [4.78, 5) is 2.52. The van der Waals surface area contributed by atoms with Crippen molar-refractivity contribution in [3.8, 4) is 11.5 Å². The second kappa shape index (κ2) is 4.89. The molecule has 0 unspecified atom stereocenters. The molecule has 0 amide bonds. The van der Waals surface area contributed by atoms with Gasteiger partial charge in [-0.15, -0.1) is 0 Å². The number of hydrogen-bond donors (Lipinski definition) is 1. The average molecular weight is 315 g/mol. The van der Waals surface area contributed by atoms with Gasteiger partial charge in [-0.3, -0.25) is 4.90 Å². The lowest BCUT2D eigenvalue weighted by Crippen LogP contribution is -2.55. The van der Waals surface area contributed by atoms with Crippen LogP contribution in [-0.4, -0.2) is 42.6 Å². The summed E-state index contributed by atoms with van der Waals surface area (Å²) in [6.45, 7) is 2.30. The van der Waals surface area contributed by atoms with Crippen LogP contribution in [0.1, 0.15) is 29.9 Å². The van der Waals surface area contributed by atoms with Crippen LogP contribution in [0.2, 0.25) is 0 Å². The van der Waals surface area contributed by atoms with Crippen LogP contribution in [0, 0.1) is 5.92 Å². The number of piperidine rings is 1. The summed E-state index contributed by atoms with van der Waals surface area (Å²) in [5.41, 5.74) is 2.44. The van der Waals surface area contributed by atoms with Crippen molar-refractivity contribution in [1.82, 2.24) is 4.90 Å². The number of ether oxygens (including phenoxy) is 3. The lowest BCUT2D eigenvalue weighted by molar-refractivity contribution is -0.00428. The molecule has 23 heavy (non-hydrogen) atoms. The Kier molecular flexibility index (Phi) is 2.91. The van der Waals surface area contributed by atoms with Crippen molar-refractivity contribution < 1.29 is 19.3 Å². The molecule has 0 saturated carbocycles. The summed E-state index contributed by atoms with van der Waals surface area (Å²) in [6, 6.07) is 4.52. The van der Waals surface area contributed by atoms with Crippen LogP contribution in [0.25, 0.3) is 0 Å². The van der Waals surface area contributed by atoms with E-state index >= 15 is 0 Å². The molecule has 4 atom stereocenters. The minimum absolute atomic E-state index is 0.0403. The van der Waals surface area contributed by atoms with Gasteiger partial charge in [0, 0.05) is 18.5 Å². The number of aliphatic hydroxyl groups excluding tert-OH is 1. The molecule has 0 radical (unpaired) electrons. The van der Waals surface area contributed by atoms with E-state index in [1.54, 1.807) is 7.11 Å². The summed E-state index contributed by atoms with van der Waals surface area (Å²) in [5.74, 6) is 2.82. The molecule has 0 bridgehead atoms. The molecule has 1 fully saturated rings. The van der Waals surface area contributed by atoms with Crippen LogP contribution in [0.5, 0.6) is 11.5 Å². The lowest BCUT2D eigenvalue weighted by atomic mass is 9.68. The van der Waals surface area contributed by atoms with E-state index in [0.29, 0.717) is 17.7 Å². The van der Waals surface area contributed by atoms with E-state index in [2.05, 4.69) is 23.1 Å². The van der Waals surface area contributed by atoms with Gasteiger partial charge >= 0.3 is 0 Å². The third-order valence-electron chi connectivity index (χ3n) is 5.82. The highest BCUT2D eigenvalue weighted by Gasteiger charge is 2.48. The highest BCUT2D eigenvalue weighted by molar-refractivity contribution is 5.52. The van der Waals surface area contributed by atoms with Gasteiger partial charge in [-0.1, -0.05) is 0 Å². The number of benzene rings is 1. The van der Waals surface area contributed by atoms with Crippen LogP contribution in [0.15, 0.2) is 24.0 Å². The van der Waals surface area contributed by atoms with Crippen molar-refractivity contribution in [1.29, 1.82) is 0 Å². The molecule has 3 heterocycles. The van der Waals surface area contributed by atoms with Gasteiger partial charge in [0.2, 0.25) is 6.79 Å². The predicted octanol–water partition coefficient (Wildman–Crippen LogP) is 2.00. The van der Waals surface area contributed by atoms with Gasteiger partial charge < -0.3 is 19.3 Å². The minimum atomic E-state index is -0.596. The monoisotopic (exact) mass is 315 g/mol. The molecule has 1 aromatic carbocycles. The van der Waals surface area contributed by atoms with Gasteiger partial charge in [-0.05, 0) is 54.6 Å². The summed E-state index contributed by atoms with van der Waals surface area (Å²) >= 11 is 0. The van der Waals surface area contributed by atoms with Crippen molar-refractivity contribution in [3.63, 3.8) is 0 Å². The average Bonchev–Trinajstić information content (AvgIpc) is 3.02. The van der Waals surface area contributed by atoms with Crippen molar-refractivity contribution >= 4 is 0 Å². The van der Waals surface area contributed by atoms with Crippen LogP contribution in [0.4, 0.5) is 0 Å². The maximum atomic E-state index is 10.9. The molecular formula is C18H21NO4. The standard InChI is InChI=1S/C18H21NO4/c1-21-15-5-10-3-2-4-19-8-11-6-13-14(23-9-22-13)7-12(11)16(17(10)19)18(15)20/h5-7,10,16-18,20H,2-4,8-9H2,1H3/t10-,16-,17-,18+/m0/s1. The molecule has 1 N–H and O–H groups in total. The third-order valence-corrected chi connectivity index (χ3v) is 5.82. The number of methoxy groups -OCH3 is 1. The number of aliphatic hydroxyl groups is 1. The zero-order valence-electron chi connectivity index (χ0n) is 13.2. The largest absolute Gasteiger partial charge is 0.499 e. The molecule has 122 valence electrons. The quantitative estimate of drug-likeness (QED) is 0.859. The lowest BCUT2D eigenvalue weighted by Gasteiger charge is -2.52. The Bertz CT molecular complexity index is 686. The highest BCUT2D eigenvalue weighted by atomic mass is 16.7. The topological polar surface area (TPSA) is 51.2 Å². The Hall–Kier alpha value is -1.72. The molecule has 1 aliphatic carbocycles. The first-order chi connectivity index (χ1) is 11.3. The van der Waals surface area contributed by atoms with Gasteiger partial charge in [-0.25, -0.2) is 0 Å². The molecule has 1 aromatic rings. The van der Waals surface area contributed by atoms with Gasteiger partial charge in [0.05, 0.1) is 7.11 Å². The molecule has 5 nitrogen and oxygen atoms in total. The minimum Gasteiger partial charge on any atom is -0.499 e. The Morgan fingerprint density at radius 2 is 2.09 bits per heavy atom. The van der Waals surface area contributed by atoms with Crippen LogP contribution >= 0.6 is 0 Å². The molecular weight excluding hydrogens is 294 g/mol. The molecule has 1 saturated heterocycles. The number of fused-ring (bicyclic) bond motifs is 3. The predicted molar refractivity (Wildman–Crippen MR) is 83.3 cm³/mol. The Labute approximate surface area is 135 Å². The van der Waals surface area contributed by atoms with E-state index in [9.17, 15) is 5.11 Å². The van der Waals surface area contributed by atoms with Gasteiger partial charge in [0.25, 0.3) is 0 Å². The van der Waals surface area contributed by atoms with Crippen molar-refractivity contribution in [2.75, 3.05) is 20.4 Å². The second-order valence-electron chi connectivity index (χ2n) is 6.92. The van der Waals surface area contributed by atoms with Crippen molar-refractivity contribution in [3.05, 3.63) is 35.1 Å². The van der Waals surface area contributed by atoms with E-state index in [1.165, 1.54) is 17.5 Å². The molecule has 4 aliphatic rings. The maximum absolute atomic E-state index is 10.9. The van der Waals surface area contributed by atoms with E-state index in [1.807, 2.05) is 0 Å². The van der Waals surface area contributed by atoms with E-state index < -0.39 is 6.10 Å². The van der Waals surface area contributed by atoms with Crippen LogP contribution in [0.3, 0.4) is 0 Å². The normalized spacial score (nSPS) is 34.4. The smallest absolute Gasteiger partial charge is 0.231 e. The SMILES string of the molecule is COC1=C[C@@H]2CCCN3Cc4cc5c(cc4[C@@H]([C@H]23)[C@@H]1O)OCO5. The Morgan fingerprint density at radius 3 is 2.91 bits per heavy atom. The Morgan fingerprint density at radius 1 is 1.26 bits per heavy atom. The van der Waals surface area contributed by atoms with Gasteiger partial charge in [0.1, 0.15) is 11.9 Å². The molecule has 0 spiro atoms. The fourth-order valence-corrected chi connectivity index (χ4v) is 4.86. The first kappa shape index (κ1) is 13.7. The van der Waals surface area contributed by atoms with Crippen LogP contribution in [-0.2, 0) is 11.3 Å². The summed E-state index contributed by atoms with van der Waals surface area (Å²) in [5, 5.41) is 10.9. The Balaban J connectivity index is 1.67. The second-order valence-corrected chi connectivity index (χ2v) is 6.92. The van der Waals surface area contributed by atoms with Gasteiger partial charge in [-0.2, -0.15) is 0 Å². The summed E-state index contributed by atoms with van der Waals surface area (Å²) in [7, 11) is 1.65. The molecule has 0 aromatic heterocycles. The van der Waals surface area contributed by atoms with E-state index in [0.717, 1.165) is 31.0 Å². The summed E-state index contributed by atoms with van der Waals surface area (Å²) < 4.78 is 16.6. The molecule has 5 heteroatoms. The van der Waals surface area contributed by atoms with Crippen molar-refractivity contribution in [2.45, 2.75) is 37.5 Å². The summed E-state index contributed by atoms with van der Waals surface area (Å²) in [6.07, 6.45) is 3.91. The number of nitrogens with zero attached hydrogens (tertiary/aromatic N) is 1. The third kappa shape index (κ3) is 1.86. The number of rotatable bonds is 1. The van der Waals surface area contributed by atoms with E-state index in [4.69, 9.17) is 14.2 Å². The fraction of sp³-hybridized carbons (Fsp3) is 0.556. The highest BCUT2D eigenvalue weighted by Crippen LogP contribution is 2.50. The fourth-order valence-electron chi connectivity index (χ4n) is 4.86. The first-order valence-electron chi connectivity index (χ1n) is 8.36. The van der Waals surface area contributed by atoms with Gasteiger partial charge in [0.15, 0.2) is 11.5 Å². The zero-order chi connectivity index (χ0) is 15.6. The number of hydrogen-bond acceptors (Lipinski definition) is 5. The molecule has 5 rings (SSSR count).